The lowest BCUT2D eigenvalue weighted by atomic mass is 10.2. The zero-order valence-corrected chi connectivity index (χ0v) is 7.23. The molecule has 2 rings (SSSR count). The number of amides is 1. The number of hydrogen-bond acceptors (Lipinski definition) is 2. The molecule has 0 N–H and O–H groups in total. The molecule has 0 bridgehead atoms. The van der Waals surface area contributed by atoms with Crippen LogP contribution in [0, 0.1) is 0 Å². The van der Waals surface area contributed by atoms with Crippen LogP contribution in [0.5, 0.6) is 0 Å². The van der Waals surface area contributed by atoms with E-state index in [9.17, 15) is 22.8 Å². The Balaban J connectivity index is 2.25. The molecule has 0 radical (unpaired) electrons. The van der Waals surface area contributed by atoms with E-state index < -0.39 is 23.4 Å². The lowest BCUT2D eigenvalue weighted by Gasteiger charge is -2.28. The maximum atomic E-state index is 12.5. The van der Waals surface area contributed by atoms with Crippen LogP contribution < -0.4 is 0 Å². The summed E-state index contributed by atoms with van der Waals surface area (Å²) in [6.07, 6.45) is -4.64. The number of alkyl halides is 3. The van der Waals surface area contributed by atoms with Gasteiger partial charge in [0.05, 0.1) is 0 Å². The third kappa shape index (κ3) is 1.06. The highest BCUT2D eigenvalue weighted by Crippen LogP contribution is 2.54. The van der Waals surface area contributed by atoms with E-state index >= 15 is 0 Å². The summed E-state index contributed by atoms with van der Waals surface area (Å²) >= 11 is 0. The summed E-state index contributed by atoms with van der Waals surface area (Å²) in [5.41, 5.74) is -2.02. The van der Waals surface area contributed by atoms with Gasteiger partial charge in [0.2, 0.25) is 5.78 Å². The van der Waals surface area contributed by atoms with Gasteiger partial charge in [-0.25, -0.2) is 0 Å². The molecule has 1 saturated carbocycles. The summed E-state index contributed by atoms with van der Waals surface area (Å²) in [7, 11) is 0. The summed E-state index contributed by atoms with van der Waals surface area (Å²) < 4.78 is 37.6. The summed E-state index contributed by atoms with van der Waals surface area (Å²) in [6, 6.07) is 0. The molecule has 1 aliphatic carbocycles. The SMILES string of the molecule is O=C1CCN(C2(C(F)(F)F)CC2)C1=O. The molecule has 0 aromatic rings. The molecule has 14 heavy (non-hydrogen) atoms. The predicted molar refractivity (Wildman–Crippen MR) is 39.4 cm³/mol. The van der Waals surface area contributed by atoms with Gasteiger partial charge in [-0.2, -0.15) is 13.2 Å². The molecular formula is C8H8F3NO2. The molecular weight excluding hydrogens is 199 g/mol. The van der Waals surface area contributed by atoms with E-state index in [0.29, 0.717) is 4.90 Å². The first-order chi connectivity index (χ1) is 6.38. The van der Waals surface area contributed by atoms with Crippen molar-refractivity contribution in [3.8, 4) is 0 Å². The van der Waals surface area contributed by atoms with Gasteiger partial charge in [-0.15, -0.1) is 0 Å². The second kappa shape index (κ2) is 2.49. The fourth-order valence-electron chi connectivity index (χ4n) is 1.81. The van der Waals surface area contributed by atoms with Crippen molar-refractivity contribution in [3.05, 3.63) is 0 Å². The van der Waals surface area contributed by atoms with E-state index in [4.69, 9.17) is 0 Å². The lowest BCUT2D eigenvalue weighted by Crippen LogP contribution is -2.49. The Bertz CT molecular complexity index is 306. The van der Waals surface area contributed by atoms with Crippen molar-refractivity contribution < 1.29 is 22.8 Å². The Hall–Kier alpha value is -1.07. The van der Waals surface area contributed by atoms with E-state index in [1.165, 1.54) is 0 Å². The van der Waals surface area contributed by atoms with Crippen molar-refractivity contribution in [1.29, 1.82) is 0 Å². The van der Waals surface area contributed by atoms with E-state index in [-0.39, 0.29) is 25.8 Å². The monoisotopic (exact) mass is 207 g/mol. The van der Waals surface area contributed by atoms with Crippen LogP contribution in [0.1, 0.15) is 19.3 Å². The molecule has 6 heteroatoms. The minimum Gasteiger partial charge on any atom is -0.321 e. The third-order valence-electron chi connectivity index (χ3n) is 2.81. The molecule has 2 fully saturated rings. The molecule has 1 heterocycles. The van der Waals surface area contributed by atoms with Gasteiger partial charge in [-0.05, 0) is 12.8 Å². The van der Waals surface area contributed by atoms with Crippen LogP contribution in [0.4, 0.5) is 13.2 Å². The van der Waals surface area contributed by atoms with Gasteiger partial charge in [0, 0.05) is 13.0 Å². The highest BCUT2D eigenvalue weighted by molar-refractivity contribution is 6.38. The van der Waals surface area contributed by atoms with E-state index in [2.05, 4.69) is 0 Å². The number of rotatable bonds is 1. The molecule has 78 valence electrons. The highest BCUT2D eigenvalue weighted by Gasteiger charge is 2.69. The molecule has 0 spiro atoms. The number of nitrogens with zero attached hydrogens (tertiary/aromatic N) is 1. The minimum atomic E-state index is -4.41. The number of carbonyl (C=O) groups is 2. The Kier molecular flexibility index (Phi) is 1.69. The largest absolute Gasteiger partial charge is 0.411 e. The first kappa shape index (κ1) is 9.48. The number of likely N-dealkylation sites (tertiary alicyclic amines) is 1. The standard InChI is InChI=1S/C8H8F3NO2/c9-8(10,11)7(2-3-7)12-4-1-5(13)6(12)14/h1-4H2. The Morgan fingerprint density at radius 3 is 2.07 bits per heavy atom. The Labute approximate surface area is 77.9 Å². The average molecular weight is 207 g/mol. The van der Waals surface area contributed by atoms with Crippen molar-refractivity contribution in [3.63, 3.8) is 0 Å². The fourth-order valence-corrected chi connectivity index (χ4v) is 1.81. The van der Waals surface area contributed by atoms with Crippen LogP contribution >= 0.6 is 0 Å². The molecule has 0 aromatic heterocycles. The number of Topliss-reactive ketones (excluding diaryl/α,β-unsaturated/α-hetero) is 1. The maximum absolute atomic E-state index is 12.5. The van der Waals surface area contributed by atoms with Crippen molar-refractivity contribution in [2.75, 3.05) is 6.54 Å². The topological polar surface area (TPSA) is 37.4 Å². The maximum Gasteiger partial charge on any atom is 0.411 e. The van der Waals surface area contributed by atoms with Crippen molar-refractivity contribution in [2.45, 2.75) is 31.0 Å². The highest BCUT2D eigenvalue weighted by atomic mass is 19.4. The average Bonchev–Trinajstić information content (AvgIpc) is 2.79. The summed E-state index contributed by atoms with van der Waals surface area (Å²) in [6.45, 7) is -0.0861. The zero-order valence-electron chi connectivity index (χ0n) is 7.23. The molecule has 0 aromatic carbocycles. The van der Waals surface area contributed by atoms with Gasteiger partial charge in [0.25, 0.3) is 5.91 Å². The zero-order chi connectivity index (χ0) is 10.6. The predicted octanol–water partition coefficient (Wildman–Crippen LogP) is 0.883. The fraction of sp³-hybridized carbons (Fsp3) is 0.750. The molecule has 2 aliphatic rings. The van der Waals surface area contributed by atoms with Crippen molar-refractivity contribution in [2.24, 2.45) is 0 Å². The van der Waals surface area contributed by atoms with E-state index in [1.54, 1.807) is 0 Å². The number of hydrogen-bond donors (Lipinski definition) is 0. The summed E-state index contributed by atoms with van der Waals surface area (Å²) in [5, 5.41) is 0. The number of ketones is 1. The quantitative estimate of drug-likeness (QED) is 0.598. The van der Waals surface area contributed by atoms with E-state index in [1.807, 2.05) is 0 Å². The van der Waals surface area contributed by atoms with Crippen LogP contribution in [0.15, 0.2) is 0 Å². The van der Waals surface area contributed by atoms with Crippen LogP contribution in [0.25, 0.3) is 0 Å². The van der Waals surface area contributed by atoms with Crippen LogP contribution in [-0.4, -0.2) is 34.9 Å². The van der Waals surface area contributed by atoms with Gasteiger partial charge in [0.1, 0.15) is 5.54 Å². The summed E-state index contributed by atoms with van der Waals surface area (Å²) in [5.74, 6) is -1.68. The second-order valence-electron chi connectivity index (χ2n) is 3.66. The van der Waals surface area contributed by atoms with Crippen molar-refractivity contribution in [1.82, 2.24) is 4.90 Å². The molecule has 3 nitrogen and oxygen atoms in total. The van der Waals surface area contributed by atoms with E-state index in [0.717, 1.165) is 0 Å². The number of carbonyl (C=O) groups excluding carboxylic acids is 2. The molecule has 0 unspecified atom stereocenters. The molecule has 0 atom stereocenters. The minimum absolute atomic E-state index is 0.0739. The van der Waals surface area contributed by atoms with Gasteiger partial charge >= 0.3 is 6.18 Å². The Morgan fingerprint density at radius 2 is 1.79 bits per heavy atom. The summed E-state index contributed by atoms with van der Waals surface area (Å²) in [4.78, 5) is 22.6. The second-order valence-corrected chi connectivity index (χ2v) is 3.66. The third-order valence-corrected chi connectivity index (χ3v) is 2.81. The van der Waals surface area contributed by atoms with Gasteiger partial charge in [-0.3, -0.25) is 9.59 Å². The Morgan fingerprint density at radius 1 is 1.21 bits per heavy atom. The van der Waals surface area contributed by atoms with Gasteiger partial charge in [-0.1, -0.05) is 0 Å². The molecule has 1 saturated heterocycles. The van der Waals surface area contributed by atoms with Gasteiger partial charge < -0.3 is 4.90 Å². The number of halogens is 3. The van der Waals surface area contributed by atoms with Crippen LogP contribution in [-0.2, 0) is 9.59 Å². The molecule has 1 aliphatic heterocycles. The first-order valence-corrected chi connectivity index (χ1v) is 4.30. The smallest absolute Gasteiger partial charge is 0.321 e. The normalized spacial score (nSPS) is 25.8. The van der Waals surface area contributed by atoms with Crippen LogP contribution in [0.2, 0.25) is 0 Å². The van der Waals surface area contributed by atoms with Crippen LogP contribution in [0.3, 0.4) is 0 Å². The van der Waals surface area contributed by atoms with Crippen molar-refractivity contribution >= 4 is 11.7 Å². The lowest BCUT2D eigenvalue weighted by molar-refractivity contribution is -0.197. The first-order valence-electron chi connectivity index (χ1n) is 4.30. The van der Waals surface area contributed by atoms with Gasteiger partial charge in [0.15, 0.2) is 0 Å². The molecule has 1 amide bonds.